The highest BCUT2D eigenvalue weighted by Crippen LogP contribution is 2.29. The Labute approximate surface area is 156 Å². The van der Waals surface area contributed by atoms with Gasteiger partial charge in [0, 0.05) is 28.6 Å². The number of nitrogens with zero attached hydrogens (tertiary/aromatic N) is 2. The van der Waals surface area contributed by atoms with Crippen molar-refractivity contribution < 1.29 is 22.4 Å². The first kappa shape index (κ1) is 20.4. The molecule has 0 aliphatic heterocycles. The fraction of sp³-hybridized carbons (Fsp3) is 0.312. The van der Waals surface area contributed by atoms with E-state index in [-0.39, 0.29) is 40.2 Å². The Balaban J connectivity index is 1.85. The topological polar surface area (TPSA) is 54.9 Å². The molecule has 0 saturated heterocycles. The number of hydrogen-bond donors (Lipinski definition) is 1. The number of aryl methyl sites for hydroxylation is 1. The van der Waals surface area contributed by atoms with Gasteiger partial charge in [0.05, 0.1) is 6.42 Å². The maximum Gasteiger partial charge on any atom is 0.433 e. The highest BCUT2D eigenvalue weighted by Gasteiger charge is 2.33. The molecule has 2 rings (SSSR count). The number of alkyl halides is 3. The van der Waals surface area contributed by atoms with Crippen LogP contribution in [-0.2, 0) is 17.4 Å². The van der Waals surface area contributed by atoms with E-state index in [0.717, 1.165) is 17.8 Å². The van der Waals surface area contributed by atoms with E-state index in [2.05, 4.69) is 15.3 Å². The monoisotopic (exact) mass is 407 g/mol. The van der Waals surface area contributed by atoms with Crippen molar-refractivity contribution >= 4 is 29.3 Å². The lowest BCUT2D eigenvalue weighted by Crippen LogP contribution is -2.27. The van der Waals surface area contributed by atoms with Gasteiger partial charge in [-0.05, 0) is 25.1 Å². The number of carbonyl (C=O) groups is 1. The second kappa shape index (κ2) is 8.68. The third kappa shape index (κ3) is 5.84. The molecule has 26 heavy (non-hydrogen) atoms. The molecule has 1 heterocycles. The quantitative estimate of drug-likeness (QED) is 0.340. The second-order valence-corrected chi connectivity index (χ2v) is 6.72. The number of hydrogen-bond acceptors (Lipinski definition) is 4. The summed E-state index contributed by atoms with van der Waals surface area (Å²) in [5.74, 6) is -0.758. The van der Waals surface area contributed by atoms with Gasteiger partial charge in [0.15, 0.2) is 5.16 Å². The van der Waals surface area contributed by atoms with E-state index in [1.807, 2.05) is 0 Å². The molecule has 10 heteroatoms. The first-order chi connectivity index (χ1) is 12.2. The van der Waals surface area contributed by atoms with Crippen LogP contribution in [0, 0.1) is 12.7 Å². The van der Waals surface area contributed by atoms with Crippen LogP contribution in [0.2, 0.25) is 5.02 Å². The number of thioether (sulfide) groups is 1. The molecule has 1 aromatic heterocycles. The zero-order valence-corrected chi connectivity index (χ0v) is 15.1. The van der Waals surface area contributed by atoms with Crippen molar-refractivity contribution in [2.24, 2.45) is 0 Å². The van der Waals surface area contributed by atoms with Gasteiger partial charge < -0.3 is 5.32 Å². The smallest absolute Gasteiger partial charge is 0.355 e. The van der Waals surface area contributed by atoms with Gasteiger partial charge in [-0.2, -0.15) is 13.2 Å². The van der Waals surface area contributed by atoms with Crippen LogP contribution in [0.15, 0.2) is 29.4 Å². The van der Waals surface area contributed by atoms with Gasteiger partial charge in [-0.3, -0.25) is 4.79 Å². The van der Waals surface area contributed by atoms with E-state index in [9.17, 15) is 22.4 Å². The predicted molar refractivity (Wildman–Crippen MR) is 90.6 cm³/mol. The minimum atomic E-state index is -4.55. The maximum absolute atomic E-state index is 13.6. The lowest BCUT2D eigenvalue weighted by atomic mass is 10.1. The molecule has 0 aliphatic rings. The fourth-order valence-electron chi connectivity index (χ4n) is 2.01. The van der Waals surface area contributed by atoms with Gasteiger partial charge in [-0.25, -0.2) is 14.4 Å². The van der Waals surface area contributed by atoms with E-state index in [4.69, 9.17) is 11.6 Å². The van der Waals surface area contributed by atoms with Crippen molar-refractivity contribution in [1.82, 2.24) is 15.3 Å². The molecule has 0 spiro atoms. The van der Waals surface area contributed by atoms with Gasteiger partial charge in [0.2, 0.25) is 5.91 Å². The van der Waals surface area contributed by atoms with Crippen LogP contribution in [0.25, 0.3) is 0 Å². The summed E-state index contributed by atoms with van der Waals surface area (Å²) in [5, 5.41) is 2.68. The van der Waals surface area contributed by atoms with Crippen LogP contribution in [0.3, 0.4) is 0 Å². The Morgan fingerprint density at radius 1 is 1.31 bits per heavy atom. The van der Waals surface area contributed by atoms with Crippen LogP contribution < -0.4 is 5.32 Å². The summed E-state index contributed by atoms with van der Waals surface area (Å²) in [4.78, 5) is 19.2. The van der Waals surface area contributed by atoms with Crippen molar-refractivity contribution in [3.8, 4) is 0 Å². The molecule has 0 radical (unpaired) electrons. The van der Waals surface area contributed by atoms with E-state index >= 15 is 0 Å². The largest absolute Gasteiger partial charge is 0.433 e. The zero-order chi connectivity index (χ0) is 19.3. The molecule has 0 aliphatic carbocycles. The normalized spacial score (nSPS) is 11.5. The minimum absolute atomic E-state index is 0.0243. The molecule has 1 N–H and O–H groups in total. The molecular weight excluding hydrogens is 394 g/mol. The Morgan fingerprint density at radius 2 is 2.04 bits per heavy atom. The fourth-order valence-corrected chi connectivity index (χ4v) is 3.00. The minimum Gasteiger partial charge on any atom is -0.355 e. The molecule has 0 saturated carbocycles. The molecule has 0 fully saturated rings. The zero-order valence-electron chi connectivity index (χ0n) is 13.5. The predicted octanol–water partition coefficient (Wildman–Crippen LogP) is 4.05. The maximum atomic E-state index is 13.6. The average Bonchev–Trinajstić information content (AvgIpc) is 2.54. The number of carbonyl (C=O) groups excluding carboxylic acids is 1. The average molecular weight is 408 g/mol. The van der Waals surface area contributed by atoms with E-state index in [1.54, 1.807) is 0 Å². The van der Waals surface area contributed by atoms with Gasteiger partial charge >= 0.3 is 6.18 Å². The lowest BCUT2D eigenvalue weighted by molar-refractivity contribution is -0.141. The van der Waals surface area contributed by atoms with Gasteiger partial charge in [0.1, 0.15) is 11.5 Å². The summed E-state index contributed by atoms with van der Waals surface area (Å²) < 4.78 is 51.8. The number of amides is 1. The SMILES string of the molecule is Cc1cc(C(F)(F)F)nc(SCCNC(=O)Cc2c(F)cccc2Cl)n1. The molecule has 0 unspecified atom stereocenters. The number of nitrogens with one attached hydrogen (secondary N) is 1. The molecule has 140 valence electrons. The molecule has 0 bridgehead atoms. The third-order valence-corrected chi connectivity index (χ3v) is 4.38. The summed E-state index contributed by atoms with van der Waals surface area (Å²) in [6.07, 6.45) is -4.77. The number of aromatic nitrogens is 2. The molecule has 1 aromatic carbocycles. The van der Waals surface area contributed by atoms with Crippen molar-refractivity contribution in [3.05, 3.63) is 52.1 Å². The summed E-state index contributed by atoms with van der Waals surface area (Å²) in [6.45, 7) is 1.61. The Hall–Kier alpha value is -1.87. The number of halogens is 5. The van der Waals surface area contributed by atoms with Crippen molar-refractivity contribution in [2.75, 3.05) is 12.3 Å². The van der Waals surface area contributed by atoms with Crippen LogP contribution in [0.5, 0.6) is 0 Å². The Kier molecular flexibility index (Phi) is 6.82. The third-order valence-electron chi connectivity index (χ3n) is 3.18. The van der Waals surface area contributed by atoms with Crippen molar-refractivity contribution in [1.29, 1.82) is 0 Å². The summed E-state index contributed by atoms with van der Waals surface area (Å²) in [5.41, 5.74) is -0.713. The Bertz CT molecular complexity index is 781. The van der Waals surface area contributed by atoms with E-state index < -0.39 is 23.6 Å². The second-order valence-electron chi connectivity index (χ2n) is 5.25. The van der Waals surface area contributed by atoms with E-state index in [1.165, 1.54) is 25.1 Å². The van der Waals surface area contributed by atoms with Crippen molar-refractivity contribution in [3.63, 3.8) is 0 Å². The van der Waals surface area contributed by atoms with Crippen LogP contribution in [0.1, 0.15) is 17.0 Å². The van der Waals surface area contributed by atoms with Crippen LogP contribution in [0.4, 0.5) is 17.6 Å². The van der Waals surface area contributed by atoms with Crippen LogP contribution in [-0.4, -0.2) is 28.2 Å². The molecule has 2 aromatic rings. The highest BCUT2D eigenvalue weighted by molar-refractivity contribution is 7.99. The molecule has 0 atom stereocenters. The molecule has 4 nitrogen and oxygen atoms in total. The van der Waals surface area contributed by atoms with Gasteiger partial charge in [0.25, 0.3) is 0 Å². The van der Waals surface area contributed by atoms with E-state index in [0.29, 0.717) is 0 Å². The standard InChI is InChI=1S/C16H14ClF4N3OS/c1-9-7-13(16(19,20)21)24-15(23-9)26-6-5-22-14(25)8-10-11(17)3-2-4-12(10)18/h2-4,7H,5-6,8H2,1H3,(H,22,25). The van der Waals surface area contributed by atoms with Crippen molar-refractivity contribution in [2.45, 2.75) is 24.7 Å². The highest BCUT2D eigenvalue weighted by atomic mass is 35.5. The molecule has 1 amide bonds. The summed E-state index contributed by atoms with van der Waals surface area (Å²) in [7, 11) is 0. The van der Waals surface area contributed by atoms with Gasteiger partial charge in [-0.15, -0.1) is 0 Å². The first-order valence-electron chi connectivity index (χ1n) is 7.42. The van der Waals surface area contributed by atoms with Gasteiger partial charge in [-0.1, -0.05) is 29.4 Å². The number of rotatable bonds is 6. The lowest BCUT2D eigenvalue weighted by Gasteiger charge is -2.09. The first-order valence-corrected chi connectivity index (χ1v) is 8.78. The van der Waals surface area contributed by atoms with Crippen LogP contribution >= 0.6 is 23.4 Å². The summed E-state index contributed by atoms with van der Waals surface area (Å²) >= 11 is 6.83. The summed E-state index contributed by atoms with van der Waals surface area (Å²) in [6, 6.07) is 4.99. The number of benzene rings is 1. The molecular formula is C16H14ClF4N3OS. The Morgan fingerprint density at radius 3 is 2.69 bits per heavy atom.